The SMILES string of the molecule is CC(c1nnc(SCCCC(=O)c2ccc(Br)cc2)n1-c1ccc(F)cc1)N(C)C. The van der Waals surface area contributed by atoms with Crippen LogP contribution in [-0.2, 0) is 0 Å². The van der Waals surface area contributed by atoms with E-state index < -0.39 is 0 Å². The topological polar surface area (TPSA) is 51.0 Å². The molecule has 3 rings (SSSR count). The van der Waals surface area contributed by atoms with E-state index in [0.717, 1.165) is 38.9 Å². The zero-order valence-electron chi connectivity index (χ0n) is 17.2. The van der Waals surface area contributed by atoms with Crippen LogP contribution >= 0.6 is 27.7 Å². The average Bonchev–Trinajstić information content (AvgIpc) is 3.15. The Morgan fingerprint density at radius 3 is 2.43 bits per heavy atom. The van der Waals surface area contributed by atoms with Crippen LogP contribution in [0.5, 0.6) is 0 Å². The van der Waals surface area contributed by atoms with Crippen molar-refractivity contribution in [1.82, 2.24) is 19.7 Å². The molecule has 158 valence electrons. The first-order valence-corrected chi connectivity index (χ1v) is 11.4. The van der Waals surface area contributed by atoms with Gasteiger partial charge in [-0.1, -0.05) is 39.8 Å². The Morgan fingerprint density at radius 2 is 1.80 bits per heavy atom. The minimum Gasteiger partial charge on any atom is -0.300 e. The number of aromatic nitrogens is 3. The van der Waals surface area contributed by atoms with Gasteiger partial charge in [0.2, 0.25) is 0 Å². The molecular formula is C22H24BrFN4OS. The molecule has 0 saturated heterocycles. The second-order valence-corrected chi connectivity index (χ2v) is 9.15. The first-order chi connectivity index (χ1) is 14.4. The van der Waals surface area contributed by atoms with Crippen LogP contribution in [0.4, 0.5) is 4.39 Å². The zero-order valence-corrected chi connectivity index (χ0v) is 19.6. The zero-order chi connectivity index (χ0) is 21.7. The normalized spacial score (nSPS) is 12.3. The summed E-state index contributed by atoms with van der Waals surface area (Å²) in [5.41, 5.74) is 1.54. The molecule has 0 bridgehead atoms. The van der Waals surface area contributed by atoms with Gasteiger partial charge in [-0.3, -0.25) is 14.3 Å². The molecule has 3 aromatic rings. The molecule has 0 aliphatic carbocycles. The molecule has 1 heterocycles. The third-order valence-electron chi connectivity index (χ3n) is 4.84. The number of ketones is 1. The molecule has 0 radical (unpaired) electrons. The Bertz CT molecular complexity index is 989. The molecule has 0 aliphatic heterocycles. The summed E-state index contributed by atoms with van der Waals surface area (Å²) in [6.45, 7) is 2.05. The van der Waals surface area contributed by atoms with Crippen molar-refractivity contribution in [2.45, 2.75) is 31.0 Å². The maximum atomic E-state index is 13.4. The van der Waals surface area contributed by atoms with Crippen molar-refractivity contribution >= 4 is 33.5 Å². The summed E-state index contributed by atoms with van der Waals surface area (Å²) < 4.78 is 16.3. The molecule has 0 amide bonds. The van der Waals surface area contributed by atoms with E-state index in [-0.39, 0.29) is 17.6 Å². The number of Topliss-reactive ketones (excluding diaryl/α,β-unsaturated/α-hetero) is 1. The third kappa shape index (κ3) is 5.56. The summed E-state index contributed by atoms with van der Waals surface area (Å²) in [6.07, 6.45) is 1.20. The fraction of sp³-hybridized carbons (Fsp3) is 0.318. The highest BCUT2D eigenvalue weighted by Gasteiger charge is 2.21. The van der Waals surface area contributed by atoms with Crippen LogP contribution in [-0.4, -0.2) is 45.3 Å². The third-order valence-corrected chi connectivity index (χ3v) is 6.38. The molecule has 8 heteroatoms. The summed E-state index contributed by atoms with van der Waals surface area (Å²) >= 11 is 4.93. The second-order valence-electron chi connectivity index (χ2n) is 7.17. The Morgan fingerprint density at radius 1 is 1.13 bits per heavy atom. The van der Waals surface area contributed by atoms with Gasteiger partial charge in [-0.2, -0.15) is 0 Å². The molecule has 0 aliphatic rings. The summed E-state index contributed by atoms with van der Waals surface area (Å²) in [5.74, 6) is 1.37. The van der Waals surface area contributed by atoms with Gasteiger partial charge in [-0.05, 0) is 63.8 Å². The Labute approximate surface area is 188 Å². The van der Waals surface area contributed by atoms with Crippen LogP contribution in [0, 0.1) is 5.82 Å². The lowest BCUT2D eigenvalue weighted by atomic mass is 10.1. The highest BCUT2D eigenvalue weighted by Crippen LogP contribution is 2.27. The Balaban J connectivity index is 1.70. The number of thioether (sulfide) groups is 1. The van der Waals surface area contributed by atoms with Gasteiger partial charge in [0, 0.05) is 27.9 Å². The maximum Gasteiger partial charge on any atom is 0.195 e. The predicted molar refractivity (Wildman–Crippen MR) is 122 cm³/mol. The van der Waals surface area contributed by atoms with Crippen molar-refractivity contribution in [2.24, 2.45) is 0 Å². The van der Waals surface area contributed by atoms with Gasteiger partial charge in [0.05, 0.1) is 6.04 Å². The first kappa shape index (κ1) is 22.7. The summed E-state index contributed by atoms with van der Waals surface area (Å²) in [5, 5.41) is 9.50. The summed E-state index contributed by atoms with van der Waals surface area (Å²) in [4.78, 5) is 14.4. The van der Waals surface area contributed by atoms with Gasteiger partial charge in [0.25, 0.3) is 0 Å². The molecular weight excluding hydrogens is 467 g/mol. The number of hydrogen-bond acceptors (Lipinski definition) is 5. The number of nitrogens with zero attached hydrogens (tertiary/aromatic N) is 4. The highest BCUT2D eigenvalue weighted by molar-refractivity contribution is 9.10. The first-order valence-electron chi connectivity index (χ1n) is 9.66. The van der Waals surface area contributed by atoms with Crippen molar-refractivity contribution in [1.29, 1.82) is 0 Å². The van der Waals surface area contributed by atoms with E-state index >= 15 is 0 Å². The molecule has 0 N–H and O–H groups in total. The van der Waals surface area contributed by atoms with Crippen LogP contribution in [0.3, 0.4) is 0 Å². The Hall–Kier alpha value is -2.03. The Kier molecular flexibility index (Phi) is 7.80. The average molecular weight is 491 g/mol. The molecule has 30 heavy (non-hydrogen) atoms. The fourth-order valence-electron chi connectivity index (χ4n) is 2.89. The molecule has 1 aromatic heterocycles. The minimum absolute atomic E-state index is 0.0379. The van der Waals surface area contributed by atoms with Crippen LogP contribution in [0.2, 0.25) is 0 Å². The van der Waals surface area contributed by atoms with E-state index in [1.54, 1.807) is 23.9 Å². The predicted octanol–water partition coefficient (Wildman–Crippen LogP) is 5.55. The van der Waals surface area contributed by atoms with Gasteiger partial charge in [-0.25, -0.2) is 4.39 Å². The van der Waals surface area contributed by atoms with E-state index in [4.69, 9.17) is 0 Å². The number of carbonyl (C=O) groups is 1. The minimum atomic E-state index is -0.283. The molecule has 0 spiro atoms. The van der Waals surface area contributed by atoms with Crippen LogP contribution in [0.25, 0.3) is 5.69 Å². The van der Waals surface area contributed by atoms with Gasteiger partial charge in [0.1, 0.15) is 5.82 Å². The molecule has 1 unspecified atom stereocenters. The molecule has 0 saturated carbocycles. The maximum absolute atomic E-state index is 13.4. The molecule has 2 aromatic carbocycles. The number of benzene rings is 2. The number of rotatable bonds is 9. The number of halogens is 2. The lowest BCUT2D eigenvalue weighted by molar-refractivity contribution is 0.0982. The van der Waals surface area contributed by atoms with Gasteiger partial charge in [0.15, 0.2) is 16.8 Å². The smallest absolute Gasteiger partial charge is 0.195 e. The van der Waals surface area contributed by atoms with E-state index in [9.17, 15) is 9.18 Å². The van der Waals surface area contributed by atoms with Crippen molar-refractivity contribution in [3.63, 3.8) is 0 Å². The monoisotopic (exact) mass is 490 g/mol. The molecule has 5 nitrogen and oxygen atoms in total. The van der Waals surface area contributed by atoms with Crippen molar-refractivity contribution in [3.05, 3.63) is 70.2 Å². The van der Waals surface area contributed by atoms with Crippen LogP contribution in [0.15, 0.2) is 58.2 Å². The van der Waals surface area contributed by atoms with Crippen LogP contribution < -0.4 is 0 Å². The van der Waals surface area contributed by atoms with E-state index in [1.807, 2.05) is 42.9 Å². The lowest BCUT2D eigenvalue weighted by Crippen LogP contribution is -2.20. The van der Waals surface area contributed by atoms with E-state index in [1.165, 1.54) is 12.1 Å². The quantitative estimate of drug-likeness (QED) is 0.223. The van der Waals surface area contributed by atoms with E-state index in [0.29, 0.717) is 6.42 Å². The second kappa shape index (κ2) is 10.3. The summed E-state index contributed by atoms with van der Waals surface area (Å²) in [6, 6.07) is 13.8. The standard InChI is InChI=1S/C22H24BrFN4OS/c1-15(27(2)3)21-25-26-22(28(21)19-12-10-18(24)11-13-19)30-14-4-5-20(29)16-6-8-17(23)9-7-16/h6-13,15H,4-5,14H2,1-3H3. The van der Waals surface area contributed by atoms with Gasteiger partial charge < -0.3 is 0 Å². The fourth-order valence-corrected chi connectivity index (χ4v) is 4.05. The van der Waals surface area contributed by atoms with Gasteiger partial charge >= 0.3 is 0 Å². The highest BCUT2D eigenvalue weighted by atomic mass is 79.9. The lowest BCUT2D eigenvalue weighted by Gasteiger charge is -2.20. The van der Waals surface area contributed by atoms with Crippen LogP contribution in [0.1, 0.15) is 42.0 Å². The molecule has 1 atom stereocenters. The van der Waals surface area contributed by atoms with Crippen molar-refractivity contribution < 1.29 is 9.18 Å². The van der Waals surface area contributed by atoms with E-state index in [2.05, 4.69) is 38.0 Å². The largest absolute Gasteiger partial charge is 0.300 e. The number of carbonyl (C=O) groups excluding carboxylic acids is 1. The van der Waals surface area contributed by atoms with Crippen molar-refractivity contribution in [2.75, 3.05) is 19.8 Å². The summed E-state index contributed by atoms with van der Waals surface area (Å²) in [7, 11) is 3.96. The number of hydrogen-bond donors (Lipinski definition) is 0. The van der Waals surface area contributed by atoms with Crippen molar-refractivity contribution in [3.8, 4) is 5.69 Å². The molecule has 0 fully saturated rings. The van der Waals surface area contributed by atoms with Gasteiger partial charge in [-0.15, -0.1) is 10.2 Å².